The van der Waals surface area contributed by atoms with Crippen LogP contribution in [0.15, 0.2) is 47.8 Å². The minimum absolute atomic E-state index is 0.208. The van der Waals surface area contributed by atoms with Crippen molar-refractivity contribution >= 4 is 23.0 Å². The van der Waals surface area contributed by atoms with E-state index in [-0.39, 0.29) is 12.5 Å². The van der Waals surface area contributed by atoms with Gasteiger partial charge in [0.1, 0.15) is 16.8 Å². The summed E-state index contributed by atoms with van der Waals surface area (Å²) in [4.78, 5) is 4.54. The molecule has 0 unspecified atom stereocenters. The molecule has 0 bridgehead atoms. The third-order valence-electron chi connectivity index (χ3n) is 3.73. The molecule has 5 nitrogen and oxygen atoms in total. The number of fused-ring (bicyclic) bond motifs is 1. The molecule has 3 aromatic rings. The fourth-order valence-corrected chi connectivity index (χ4v) is 3.27. The van der Waals surface area contributed by atoms with Crippen molar-refractivity contribution < 1.29 is 14.6 Å². The number of aromatic hydroxyl groups is 1. The summed E-state index contributed by atoms with van der Waals surface area (Å²) in [6.07, 6.45) is 1.78. The van der Waals surface area contributed by atoms with Crippen LogP contribution in [0.2, 0.25) is 0 Å². The van der Waals surface area contributed by atoms with Crippen LogP contribution >= 0.6 is 11.3 Å². The maximum absolute atomic E-state index is 9.51. The summed E-state index contributed by atoms with van der Waals surface area (Å²) in [6, 6.07) is 14.6. The predicted octanol–water partition coefficient (Wildman–Crippen LogP) is 4.31. The lowest BCUT2D eigenvalue weighted by molar-refractivity contribution is 0.174. The fourth-order valence-electron chi connectivity index (χ4n) is 2.47. The molecule has 0 radical (unpaired) electrons. The van der Waals surface area contributed by atoms with Gasteiger partial charge in [0.15, 0.2) is 11.5 Å². The summed E-state index contributed by atoms with van der Waals surface area (Å²) in [5.74, 6) is 1.59. The van der Waals surface area contributed by atoms with E-state index >= 15 is 0 Å². The van der Waals surface area contributed by atoms with Crippen molar-refractivity contribution in [2.45, 2.75) is 0 Å². The van der Waals surface area contributed by atoms with Crippen LogP contribution in [0.25, 0.3) is 22.9 Å². The number of rotatable bonds is 3. The Labute approximate surface area is 148 Å². The van der Waals surface area contributed by atoms with Crippen LogP contribution in [0, 0.1) is 11.3 Å². The number of phenols is 1. The van der Waals surface area contributed by atoms with Gasteiger partial charge < -0.3 is 14.6 Å². The number of allylic oxidation sites excluding steroid dienone is 1. The summed E-state index contributed by atoms with van der Waals surface area (Å²) < 4.78 is 10.7. The third kappa shape index (κ3) is 3.05. The van der Waals surface area contributed by atoms with Crippen molar-refractivity contribution in [2.24, 2.45) is 0 Å². The number of ether oxygens (including phenoxy) is 2. The van der Waals surface area contributed by atoms with E-state index in [1.807, 2.05) is 23.6 Å². The molecule has 6 heteroatoms. The van der Waals surface area contributed by atoms with E-state index in [9.17, 15) is 10.4 Å². The standard InChI is InChI=1S/C19H12N2O3S/c20-9-14(7-12-1-6-17-18(8-12)24-11-23-17)19-21-16(10-25-19)13-2-4-15(22)5-3-13/h1-8,10,22H,11H2/b14-7+. The Kier molecular flexibility index (Phi) is 3.84. The van der Waals surface area contributed by atoms with Crippen LogP contribution in [0.1, 0.15) is 10.6 Å². The summed E-state index contributed by atoms with van der Waals surface area (Å²) in [5.41, 5.74) is 2.99. The second kappa shape index (κ2) is 6.30. The number of nitriles is 1. The van der Waals surface area contributed by atoms with Crippen molar-refractivity contribution in [3.8, 4) is 34.6 Å². The first-order chi connectivity index (χ1) is 12.2. The zero-order valence-electron chi connectivity index (χ0n) is 13.0. The number of phenolic OH excluding ortho intramolecular Hbond substituents is 1. The zero-order chi connectivity index (χ0) is 17.2. The highest BCUT2D eigenvalue weighted by Gasteiger charge is 2.14. The molecule has 1 aromatic heterocycles. The smallest absolute Gasteiger partial charge is 0.231 e. The lowest BCUT2D eigenvalue weighted by atomic mass is 10.1. The Morgan fingerprint density at radius 2 is 1.96 bits per heavy atom. The third-order valence-corrected chi connectivity index (χ3v) is 4.60. The van der Waals surface area contributed by atoms with Crippen LogP contribution < -0.4 is 9.47 Å². The number of benzene rings is 2. The van der Waals surface area contributed by atoms with Crippen molar-refractivity contribution in [3.05, 3.63) is 58.4 Å². The lowest BCUT2D eigenvalue weighted by Crippen LogP contribution is -1.92. The minimum atomic E-state index is 0.208. The van der Waals surface area contributed by atoms with Gasteiger partial charge in [-0.3, -0.25) is 0 Å². The van der Waals surface area contributed by atoms with Gasteiger partial charge in [0.05, 0.1) is 11.3 Å². The first-order valence-corrected chi connectivity index (χ1v) is 8.37. The van der Waals surface area contributed by atoms with Gasteiger partial charge in [-0.15, -0.1) is 11.3 Å². The lowest BCUT2D eigenvalue weighted by Gasteiger charge is -1.99. The van der Waals surface area contributed by atoms with Crippen LogP contribution in [-0.4, -0.2) is 16.9 Å². The molecule has 4 rings (SSSR count). The van der Waals surface area contributed by atoms with E-state index in [0.717, 1.165) is 16.8 Å². The van der Waals surface area contributed by atoms with E-state index < -0.39 is 0 Å². The topological polar surface area (TPSA) is 75.4 Å². The maximum Gasteiger partial charge on any atom is 0.231 e. The number of thiazole rings is 1. The molecule has 2 aromatic carbocycles. The highest BCUT2D eigenvalue weighted by molar-refractivity contribution is 7.11. The summed E-state index contributed by atoms with van der Waals surface area (Å²) in [7, 11) is 0. The second-order valence-electron chi connectivity index (χ2n) is 5.37. The minimum Gasteiger partial charge on any atom is -0.508 e. The molecule has 0 spiro atoms. The number of hydrogen-bond acceptors (Lipinski definition) is 6. The average Bonchev–Trinajstić information content (AvgIpc) is 3.29. The Bertz CT molecular complexity index is 1000. The van der Waals surface area contributed by atoms with Crippen LogP contribution in [-0.2, 0) is 0 Å². The second-order valence-corrected chi connectivity index (χ2v) is 6.23. The Morgan fingerprint density at radius 3 is 2.76 bits per heavy atom. The molecule has 0 amide bonds. The van der Waals surface area contributed by atoms with Crippen LogP contribution in [0.4, 0.5) is 0 Å². The van der Waals surface area contributed by atoms with Gasteiger partial charge in [-0.2, -0.15) is 5.26 Å². The molecule has 122 valence electrons. The first-order valence-electron chi connectivity index (χ1n) is 7.50. The Morgan fingerprint density at radius 1 is 1.16 bits per heavy atom. The molecule has 2 heterocycles. The van der Waals surface area contributed by atoms with Crippen LogP contribution in [0.3, 0.4) is 0 Å². The summed E-state index contributed by atoms with van der Waals surface area (Å²) in [5, 5.41) is 21.4. The van der Waals surface area contributed by atoms with E-state index in [2.05, 4.69) is 11.1 Å². The monoisotopic (exact) mass is 348 g/mol. The molecular formula is C19H12N2O3S. The molecule has 0 saturated heterocycles. The number of hydrogen-bond donors (Lipinski definition) is 1. The molecule has 0 saturated carbocycles. The normalized spacial score (nSPS) is 12.8. The van der Waals surface area contributed by atoms with Gasteiger partial charge in [0.2, 0.25) is 6.79 Å². The SMILES string of the molecule is N#C/C(=C\c1ccc2c(c1)OCO2)c1nc(-c2ccc(O)cc2)cs1. The molecule has 0 aliphatic carbocycles. The quantitative estimate of drug-likeness (QED) is 0.714. The Hall–Kier alpha value is -3.30. The van der Waals surface area contributed by atoms with Gasteiger partial charge in [-0.05, 0) is 48.0 Å². The van der Waals surface area contributed by atoms with E-state index in [1.165, 1.54) is 11.3 Å². The van der Waals surface area contributed by atoms with E-state index in [0.29, 0.717) is 22.1 Å². The van der Waals surface area contributed by atoms with Gasteiger partial charge in [0, 0.05) is 10.9 Å². The van der Waals surface area contributed by atoms with Gasteiger partial charge in [-0.25, -0.2) is 4.98 Å². The largest absolute Gasteiger partial charge is 0.508 e. The number of nitrogens with zero attached hydrogens (tertiary/aromatic N) is 2. The Balaban J connectivity index is 1.65. The summed E-state index contributed by atoms with van der Waals surface area (Å²) in [6.45, 7) is 0.218. The van der Waals surface area contributed by atoms with Crippen molar-refractivity contribution in [2.75, 3.05) is 6.79 Å². The van der Waals surface area contributed by atoms with E-state index in [1.54, 1.807) is 30.3 Å². The highest BCUT2D eigenvalue weighted by Crippen LogP contribution is 2.34. The van der Waals surface area contributed by atoms with Crippen molar-refractivity contribution in [3.63, 3.8) is 0 Å². The first kappa shape index (κ1) is 15.2. The molecular weight excluding hydrogens is 336 g/mol. The fraction of sp³-hybridized carbons (Fsp3) is 0.0526. The zero-order valence-corrected chi connectivity index (χ0v) is 13.8. The molecule has 1 N–H and O–H groups in total. The maximum atomic E-state index is 9.51. The van der Waals surface area contributed by atoms with Gasteiger partial charge in [0.25, 0.3) is 0 Å². The number of aromatic nitrogens is 1. The van der Waals surface area contributed by atoms with Gasteiger partial charge >= 0.3 is 0 Å². The molecule has 0 fully saturated rings. The molecule has 0 atom stereocenters. The highest BCUT2D eigenvalue weighted by atomic mass is 32.1. The predicted molar refractivity (Wildman–Crippen MR) is 95.3 cm³/mol. The molecule has 25 heavy (non-hydrogen) atoms. The van der Waals surface area contributed by atoms with Crippen LogP contribution in [0.5, 0.6) is 17.2 Å². The summed E-state index contributed by atoms with van der Waals surface area (Å²) >= 11 is 1.41. The molecule has 1 aliphatic heterocycles. The van der Waals surface area contributed by atoms with E-state index in [4.69, 9.17) is 9.47 Å². The van der Waals surface area contributed by atoms with Crippen molar-refractivity contribution in [1.29, 1.82) is 5.26 Å². The molecule has 1 aliphatic rings. The van der Waals surface area contributed by atoms with Gasteiger partial charge in [-0.1, -0.05) is 6.07 Å². The average molecular weight is 348 g/mol. The van der Waals surface area contributed by atoms with Crippen molar-refractivity contribution in [1.82, 2.24) is 4.98 Å².